The molecule has 0 aliphatic heterocycles. The van der Waals surface area contributed by atoms with Crippen LogP contribution in [-0.4, -0.2) is 17.1 Å². The van der Waals surface area contributed by atoms with Crippen LogP contribution in [0.2, 0.25) is 0 Å². The summed E-state index contributed by atoms with van der Waals surface area (Å²) in [4.78, 5) is 8.45. The van der Waals surface area contributed by atoms with E-state index in [1.165, 1.54) is 12.1 Å². The average molecular weight is 312 g/mol. The molecule has 0 fully saturated rings. The van der Waals surface area contributed by atoms with Crippen molar-refractivity contribution in [3.8, 4) is 11.4 Å². The lowest BCUT2D eigenvalue weighted by atomic mass is 10.2. The highest BCUT2D eigenvalue weighted by Gasteiger charge is 2.09. The van der Waals surface area contributed by atoms with Crippen LogP contribution in [0.15, 0.2) is 28.7 Å². The van der Waals surface area contributed by atoms with Gasteiger partial charge in [0.05, 0.1) is 12.3 Å². The van der Waals surface area contributed by atoms with E-state index in [0.29, 0.717) is 34.0 Å². The van der Waals surface area contributed by atoms with Crippen LogP contribution in [-0.2, 0) is 11.3 Å². The van der Waals surface area contributed by atoms with Crippen molar-refractivity contribution in [3.63, 3.8) is 0 Å². The Morgan fingerprint density at radius 3 is 2.78 bits per heavy atom. The molecular weight excluding hydrogens is 301 g/mol. The molecule has 1 aromatic heterocycles. The Morgan fingerprint density at radius 2 is 2.11 bits per heavy atom. The van der Waals surface area contributed by atoms with Crippen LogP contribution in [0.3, 0.4) is 0 Å². The lowest BCUT2D eigenvalue weighted by molar-refractivity contribution is 0.181. The molecule has 2 rings (SSSR count). The second-order valence-corrected chi connectivity index (χ2v) is 4.52. The van der Waals surface area contributed by atoms with Crippen molar-refractivity contribution in [2.24, 2.45) is 0 Å². The molecule has 6 heteroatoms. The van der Waals surface area contributed by atoms with Crippen LogP contribution < -0.4 is 5.73 Å². The lowest BCUT2D eigenvalue weighted by Crippen LogP contribution is -2.01. The van der Waals surface area contributed by atoms with Gasteiger partial charge in [-0.05, 0) is 34.1 Å². The normalized spacial score (nSPS) is 10.6. The van der Waals surface area contributed by atoms with Crippen molar-refractivity contribution >= 4 is 21.7 Å². The summed E-state index contributed by atoms with van der Waals surface area (Å²) in [6.45, 7) is 0.346. The van der Waals surface area contributed by atoms with E-state index in [-0.39, 0.29) is 5.82 Å². The van der Waals surface area contributed by atoms with Crippen LogP contribution in [0.4, 0.5) is 10.2 Å². The van der Waals surface area contributed by atoms with Crippen LogP contribution >= 0.6 is 15.9 Å². The third-order valence-corrected chi connectivity index (χ3v) is 2.92. The molecule has 0 atom stereocenters. The Kier molecular flexibility index (Phi) is 3.88. The molecule has 0 amide bonds. The van der Waals surface area contributed by atoms with Crippen molar-refractivity contribution < 1.29 is 9.13 Å². The summed E-state index contributed by atoms with van der Waals surface area (Å²) < 4.78 is 18.6. The van der Waals surface area contributed by atoms with E-state index in [9.17, 15) is 4.39 Å². The smallest absolute Gasteiger partial charge is 0.162 e. The van der Waals surface area contributed by atoms with E-state index in [2.05, 4.69) is 25.9 Å². The molecule has 0 aliphatic carbocycles. The summed E-state index contributed by atoms with van der Waals surface area (Å²) >= 11 is 3.28. The van der Waals surface area contributed by atoms with Crippen molar-refractivity contribution in [3.05, 3.63) is 40.2 Å². The predicted octanol–water partition coefficient (Wildman–Crippen LogP) is 2.77. The Labute approximate surface area is 112 Å². The van der Waals surface area contributed by atoms with E-state index >= 15 is 0 Å². The molecule has 2 N–H and O–H groups in total. The van der Waals surface area contributed by atoms with E-state index in [1.54, 1.807) is 19.2 Å². The molecule has 18 heavy (non-hydrogen) atoms. The Morgan fingerprint density at radius 1 is 1.33 bits per heavy atom. The topological polar surface area (TPSA) is 61.0 Å². The Hall–Kier alpha value is -1.53. The number of rotatable bonds is 3. The summed E-state index contributed by atoms with van der Waals surface area (Å²) in [6, 6.07) is 5.95. The highest BCUT2D eigenvalue weighted by Crippen LogP contribution is 2.27. The molecule has 1 heterocycles. The van der Waals surface area contributed by atoms with Gasteiger partial charge in [0.1, 0.15) is 11.6 Å². The van der Waals surface area contributed by atoms with E-state index in [4.69, 9.17) is 10.5 Å². The molecule has 0 spiro atoms. The van der Waals surface area contributed by atoms with Gasteiger partial charge in [-0.15, -0.1) is 0 Å². The number of halogens is 2. The Bertz CT molecular complexity index is 577. The molecule has 0 saturated carbocycles. The zero-order chi connectivity index (χ0) is 13.1. The van der Waals surface area contributed by atoms with E-state index < -0.39 is 0 Å². The maximum atomic E-state index is 13.0. The van der Waals surface area contributed by atoms with Gasteiger partial charge < -0.3 is 10.5 Å². The quantitative estimate of drug-likeness (QED) is 0.947. The number of anilines is 1. The minimum Gasteiger partial charge on any atom is -0.384 e. The van der Waals surface area contributed by atoms with Gasteiger partial charge in [-0.3, -0.25) is 0 Å². The monoisotopic (exact) mass is 311 g/mol. The van der Waals surface area contributed by atoms with E-state index in [1.807, 2.05) is 0 Å². The minimum absolute atomic E-state index is 0.327. The SMILES string of the molecule is COCc1cc(N)nc(-c2ccc(F)cc2Br)n1. The molecular formula is C12H11BrFN3O. The minimum atomic E-state index is -0.327. The largest absolute Gasteiger partial charge is 0.384 e. The zero-order valence-corrected chi connectivity index (χ0v) is 11.2. The van der Waals surface area contributed by atoms with Crippen molar-refractivity contribution in [2.75, 3.05) is 12.8 Å². The summed E-state index contributed by atoms with van der Waals surface area (Å²) in [7, 11) is 1.58. The number of nitrogen functional groups attached to an aromatic ring is 1. The third kappa shape index (κ3) is 2.83. The Balaban J connectivity index is 2.49. The number of methoxy groups -OCH3 is 1. The van der Waals surface area contributed by atoms with Crippen molar-refractivity contribution in [1.29, 1.82) is 0 Å². The van der Waals surface area contributed by atoms with Crippen molar-refractivity contribution in [1.82, 2.24) is 9.97 Å². The van der Waals surface area contributed by atoms with Crippen LogP contribution in [0.1, 0.15) is 5.69 Å². The first-order valence-electron chi connectivity index (χ1n) is 5.18. The third-order valence-electron chi connectivity index (χ3n) is 2.26. The number of ether oxygens (including phenoxy) is 1. The molecule has 0 bridgehead atoms. The van der Waals surface area contributed by atoms with Gasteiger partial charge in [0.25, 0.3) is 0 Å². The van der Waals surface area contributed by atoms with Crippen LogP contribution in [0, 0.1) is 5.82 Å². The van der Waals surface area contributed by atoms with Gasteiger partial charge in [-0.25, -0.2) is 14.4 Å². The summed E-state index contributed by atoms with van der Waals surface area (Å²) in [5, 5.41) is 0. The van der Waals surface area contributed by atoms with Crippen LogP contribution in [0.5, 0.6) is 0 Å². The average Bonchev–Trinajstić information content (AvgIpc) is 2.28. The summed E-state index contributed by atoms with van der Waals surface area (Å²) in [5.41, 5.74) is 7.07. The number of hydrogen-bond donors (Lipinski definition) is 1. The van der Waals surface area contributed by atoms with Gasteiger partial charge in [0.2, 0.25) is 0 Å². The van der Waals surface area contributed by atoms with E-state index in [0.717, 1.165) is 0 Å². The van der Waals surface area contributed by atoms with Crippen molar-refractivity contribution in [2.45, 2.75) is 6.61 Å². The highest BCUT2D eigenvalue weighted by molar-refractivity contribution is 9.10. The second-order valence-electron chi connectivity index (χ2n) is 3.66. The summed E-state index contributed by atoms with van der Waals surface area (Å²) in [5.74, 6) is 0.462. The zero-order valence-electron chi connectivity index (χ0n) is 9.65. The number of hydrogen-bond acceptors (Lipinski definition) is 4. The summed E-state index contributed by atoms with van der Waals surface area (Å²) in [6.07, 6.45) is 0. The first kappa shape index (κ1) is 12.9. The first-order valence-corrected chi connectivity index (χ1v) is 5.97. The molecule has 94 valence electrons. The fourth-order valence-corrected chi connectivity index (χ4v) is 2.06. The van der Waals surface area contributed by atoms with Gasteiger partial charge >= 0.3 is 0 Å². The molecule has 1 aromatic carbocycles. The van der Waals surface area contributed by atoms with Gasteiger partial charge in [-0.2, -0.15) is 0 Å². The molecule has 0 aliphatic rings. The molecule has 0 radical (unpaired) electrons. The fraction of sp³-hybridized carbons (Fsp3) is 0.167. The standard InChI is InChI=1S/C12H11BrFN3O/c1-18-6-8-5-11(15)17-12(16-8)9-3-2-7(14)4-10(9)13/h2-5H,6H2,1H3,(H2,15,16,17). The maximum Gasteiger partial charge on any atom is 0.162 e. The molecule has 2 aromatic rings. The lowest BCUT2D eigenvalue weighted by Gasteiger charge is -2.07. The van der Waals surface area contributed by atoms with Gasteiger partial charge in [0.15, 0.2) is 5.82 Å². The fourth-order valence-electron chi connectivity index (χ4n) is 1.53. The van der Waals surface area contributed by atoms with Crippen LogP contribution in [0.25, 0.3) is 11.4 Å². The number of benzene rings is 1. The molecule has 4 nitrogen and oxygen atoms in total. The number of nitrogens with two attached hydrogens (primary N) is 1. The highest BCUT2D eigenvalue weighted by atomic mass is 79.9. The maximum absolute atomic E-state index is 13.0. The van der Waals surface area contributed by atoms with Gasteiger partial charge in [-0.1, -0.05) is 0 Å². The number of nitrogens with zero attached hydrogens (tertiary/aromatic N) is 2. The van der Waals surface area contributed by atoms with Gasteiger partial charge in [0, 0.05) is 23.2 Å². The first-order chi connectivity index (χ1) is 8.60. The second kappa shape index (κ2) is 5.41. The molecule has 0 saturated heterocycles. The number of aromatic nitrogens is 2. The predicted molar refractivity (Wildman–Crippen MR) is 70.3 cm³/mol. The molecule has 0 unspecified atom stereocenters.